The van der Waals surface area contributed by atoms with E-state index in [9.17, 15) is 14.7 Å². The summed E-state index contributed by atoms with van der Waals surface area (Å²) in [5.74, 6) is 6.32. The van der Waals surface area contributed by atoms with E-state index in [-0.39, 0.29) is 17.9 Å². The Morgan fingerprint density at radius 2 is 1.84 bits per heavy atom. The largest absolute Gasteiger partial charge is 0.378 e. The molecule has 2 aliphatic rings. The first-order valence-corrected chi connectivity index (χ1v) is 11.3. The van der Waals surface area contributed by atoms with Crippen molar-refractivity contribution >= 4 is 11.9 Å². The van der Waals surface area contributed by atoms with Crippen LogP contribution in [0.5, 0.6) is 0 Å². The van der Waals surface area contributed by atoms with Crippen molar-refractivity contribution in [1.82, 2.24) is 15.5 Å². The molecule has 1 aromatic rings. The van der Waals surface area contributed by atoms with Crippen LogP contribution >= 0.6 is 0 Å². The Morgan fingerprint density at radius 1 is 1.19 bits per heavy atom. The number of urea groups is 1. The van der Waals surface area contributed by atoms with Crippen LogP contribution in [0.4, 0.5) is 4.79 Å². The predicted octanol–water partition coefficient (Wildman–Crippen LogP) is 3.04. The van der Waals surface area contributed by atoms with Gasteiger partial charge in [0.1, 0.15) is 11.1 Å². The van der Waals surface area contributed by atoms with E-state index in [1.807, 2.05) is 12.1 Å². The summed E-state index contributed by atoms with van der Waals surface area (Å²) in [6, 6.07) is 7.77. The van der Waals surface area contributed by atoms with Crippen molar-refractivity contribution in [1.29, 1.82) is 0 Å². The van der Waals surface area contributed by atoms with Crippen molar-refractivity contribution in [3.63, 3.8) is 0 Å². The van der Waals surface area contributed by atoms with Crippen LogP contribution in [-0.2, 0) is 11.3 Å². The van der Waals surface area contributed by atoms with Crippen LogP contribution in [0.15, 0.2) is 24.3 Å². The summed E-state index contributed by atoms with van der Waals surface area (Å²) in [7, 11) is 0. The average Bonchev–Trinajstić information content (AvgIpc) is 3.00. The lowest BCUT2D eigenvalue weighted by Crippen LogP contribution is -2.56. The number of hydrogen-bond donors (Lipinski definition) is 3. The molecule has 168 valence electrons. The molecule has 3 amide bonds. The summed E-state index contributed by atoms with van der Waals surface area (Å²) in [4.78, 5) is 27.0. The maximum atomic E-state index is 12.7. The van der Waals surface area contributed by atoms with Crippen molar-refractivity contribution in [2.75, 3.05) is 13.1 Å². The molecule has 0 spiro atoms. The van der Waals surface area contributed by atoms with Gasteiger partial charge >= 0.3 is 6.03 Å². The van der Waals surface area contributed by atoms with Crippen molar-refractivity contribution in [2.45, 2.75) is 71.1 Å². The quantitative estimate of drug-likeness (QED) is 0.483. The van der Waals surface area contributed by atoms with Crippen molar-refractivity contribution in [3.8, 4) is 11.8 Å². The van der Waals surface area contributed by atoms with Crippen LogP contribution in [0, 0.1) is 23.7 Å². The lowest BCUT2D eigenvalue weighted by atomic mass is 9.74. The molecule has 0 bridgehead atoms. The van der Waals surface area contributed by atoms with Gasteiger partial charge in [0, 0.05) is 12.1 Å². The van der Waals surface area contributed by atoms with E-state index in [2.05, 4.69) is 53.4 Å². The highest BCUT2D eigenvalue weighted by Gasteiger charge is 2.51. The second-order valence-corrected chi connectivity index (χ2v) is 9.87. The molecule has 0 saturated carbocycles. The molecule has 31 heavy (non-hydrogen) atoms. The Bertz CT molecular complexity index is 853. The summed E-state index contributed by atoms with van der Waals surface area (Å²) < 4.78 is 0. The highest BCUT2D eigenvalue weighted by Crippen LogP contribution is 2.35. The molecular weight excluding hydrogens is 390 g/mol. The number of benzene rings is 1. The molecule has 3 N–H and O–H groups in total. The number of aliphatic hydroxyl groups is 1. The lowest BCUT2D eigenvalue weighted by molar-refractivity contribution is -0.127. The zero-order valence-corrected chi connectivity index (χ0v) is 19.1. The first kappa shape index (κ1) is 23.3. The molecule has 0 aromatic heterocycles. The minimum atomic E-state index is -0.995. The molecule has 0 radical (unpaired) electrons. The second-order valence-electron chi connectivity index (χ2n) is 9.87. The van der Waals surface area contributed by atoms with Crippen molar-refractivity contribution in [3.05, 3.63) is 35.4 Å². The van der Waals surface area contributed by atoms with Crippen molar-refractivity contribution in [2.24, 2.45) is 11.8 Å². The fourth-order valence-corrected chi connectivity index (χ4v) is 4.45. The van der Waals surface area contributed by atoms with Crippen LogP contribution in [-0.4, -0.2) is 46.2 Å². The van der Waals surface area contributed by atoms with Crippen LogP contribution in [0.2, 0.25) is 0 Å². The van der Waals surface area contributed by atoms with Gasteiger partial charge in [0.05, 0.1) is 0 Å². The molecule has 1 aromatic carbocycles. The smallest absolute Gasteiger partial charge is 0.322 e. The van der Waals surface area contributed by atoms with Gasteiger partial charge in [0.25, 0.3) is 5.91 Å². The first-order chi connectivity index (χ1) is 14.6. The third kappa shape index (κ3) is 6.09. The van der Waals surface area contributed by atoms with E-state index in [0.29, 0.717) is 12.3 Å². The molecule has 6 heteroatoms. The van der Waals surface area contributed by atoms with Crippen LogP contribution in [0.25, 0.3) is 0 Å². The molecule has 3 rings (SSSR count). The van der Waals surface area contributed by atoms with E-state index < -0.39 is 11.1 Å². The molecule has 2 fully saturated rings. The number of hydrogen-bond acceptors (Lipinski definition) is 4. The topological polar surface area (TPSA) is 81.7 Å². The van der Waals surface area contributed by atoms with Crippen LogP contribution < -0.4 is 10.6 Å². The van der Waals surface area contributed by atoms with Crippen LogP contribution in [0.3, 0.4) is 0 Å². The maximum Gasteiger partial charge on any atom is 0.322 e. The Balaban J connectivity index is 1.59. The maximum absolute atomic E-state index is 12.7. The molecule has 0 aliphatic carbocycles. The number of likely N-dealkylation sites (tertiary alicyclic amines) is 1. The highest BCUT2D eigenvalue weighted by molar-refractivity contribution is 6.07. The highest BCUT2D eigenvalue weighted by atomic mass is 16.3. The van der Waals surface area contributed by atoms with Gasteiger partial charge in [0.2, 0.25) is 0 Å². The van der Waals surface area contributed by atoms with Gasteiger partial charge in [-0.15, -0.1) is 0 Å². The van der Waals surface area contributed by atoms with Crippen LogP contribution in [0.1, 0.15) is 64.5 Å². The predicted molar refractivity (Wildman–Crippen MR) is 121 cm³/mol. The van der Waals surface area contributed by atoms with E-state index in [4.69, 9.17) is 0 Å². The molecule has 2 heterocycles. The molecular formula is C25H35N3O3. The van der Waals surface area contributed by atoms with Gasteiger partial charge in [-0.1, -0.05) is 37.8 Å². The van der Waals surface area contributed by atoms with Gasteiger partial charge in [0.15, 0.2) is 0 Å². The summed E-state index contributed by atoms with van der Waals surface area (Å²) in [5.41, 5.74) is 0.354. The number of nitrogens with zero attached hydrogens (tertiary/aromatic N) is 1. The first-order valence-electron chi connectivity index (χ1n) is 11.3. The fraction of sp³-hybridized carbons (Fsp3) is 0.600. The number of piperidine rings is 1. The minimum absolute atomic E-state index is 0.153. The number of imide groups is 1. The van der Waals surface area contributed by atoms with E-state index >= 15 is 0 Å². The SMILES string of the molecule is CC(C)CC[C@]1(C2CCN(Cc3ccc(C#CC(C)(C)O)cc3)CC2)NC(=O)NC1=O. The average molecular weight is 426 g/mol. The normalized spacial score (nSPS) is 22.8. The van der Waals surface area contributed by atoms with E-state index in [1.165, 1.54) is 5.56 Å². The Hall–Kier alpha value is -2.36. The molecule has 6 nitrogen and oxygen atoms in total. The third-order valence-electron chi connectivity index (χ3n) is 6.24. The number of carbonyl (C=O) groups excluding carboxylic acids is 2. The van der Waals surface area contributed by atoms with Crippen molar-refractivity contribution < 1.29 is 14.7 Å². The lowest BCUT2D eigenvalue weighted by Gasteiger charge is -2.41. The minimum Gasteiger partial charge on any atom is -0.378 e. The second kappa shape index (κ2) is 9.42. The number of amides is 3. The number of carbonyl (C=O) groups is 2. The summed E-state index contributed by atoms with van der Waals surface area (Å²) in [6.07, 6.45) is 3.39. The Labute approximate surface area is 185 Å². The summed E-state index contributed by atoms with van der Waals surface area (Å²) in [6.45, 7) is 10.3. The van der Waals surface area contributed by atoms with E-state index in [0.717, 1.165) is 44.5 Å². The van der Waals surface area contributed by atoms with E-state index in [1.54, 1.807) is 13.8 Å². The molecule has 0 unspecified atom stereocenters. The van der Waals surface area contributed by atoms with Gasteiger partial charge in [-0.05, 0) is 82.2 Å². The number of nitrogens with one attached hydrogen (secondary N) is 2. The Morgan fingerprint density at radius 3 is 2.35 bits per heavy atom. The third-order valence-corrected chi connectivity index (χ3v) is 6.24. The van der Waals surface area contributed by atoms with Gasteiger partial charge in [-0.25, -0.2) is 4.79 Å². The Kier molecular flexibility index (Phi) is 7.08. The van der Waals surface area contributed by atoms with Gasteiger partial charge in [-0.2, -0.15) is 0 Å². The summed E-state index contributed by atoms with van der Waals surface area (Å²) in [5, 5.41) is 15.2. The molecule has 2 aliphatic heterocycles. The number of rotatable bonds is 6. The standard InChI is InChI=1S/C25H35N3O3/c1-18(2)9-14-25(22(29)26-23(30)27-25)21-11-15-28(16-12-21)17-20-7-5-19(6-8-20)10-13-24(3,4)31/h5-8,18,21,31H,9,11-12,14-17H2,1-4H3,(H2,26,27,29,30)/t25-/m1/s1. The molecule has 1 atom stereocenters. The zero-order valence-electron chi connectivity index (χ0n) is 19.1. The monoisotopic (exact) mass is 425 g/mol. The molecule has 2 saturated heterocycles. The zero-order chi connectivity index (χ0) is 22.6. The summed E-state index contributed by atoms with van der Waals surface area (Å²) >= 11 is 0. The van der Waals surface area contributed by atoms with Gasteiger partial charge < -0.3 is 10.4 Å². The fourth-order valence-electron chi connectivity index (χ4n) is 4.45. The van der Waals surface area contributed by atoms with Gasteiger partial charge in [-0.3, -0.25) is 15.0 Å².